The number of aromatic nitrogens is 3. The third-order valence-electron chi connectivity index (χ3n) is 3.15. The molecule has 0 aromatic carbocycles. The molecule has 3 heterocycles. The maximum absolute atomic E-state index is 4.14. The van der Waals surface area contributed by atoms with Crippen molar-refractivity contribution in [1.29, 1.82) is 0 Å². The van der Waals surface area contributed by atoms with Crippen LogP contribution in [0.4, 0.5) is 0 Å². The zero-order chi connectivity index (χ0) is 13.6. The molecule has 0 amide bonds. The van der Waals surface area contributed by atoms with E-state index in [1.54, 1.807) is 17.5 Å². The number of hydrogen-bond donors (Lipinski definition) is 2. The summed E-state index contributed by atoms with van der Waals surface area (Å²) in [6, 6.07) is 6.14. The van der Waals surface area contributed by atoms with Gasteiger partial charge in [0.1, 0.15) is 0 Å². The summed E-state index contributed by atoms with van der Waals surface area (Å²) in [5.74, 6) is 0. The van der Waals surface area contributed by atoms with E-state index in [9.17, 15) is 0 Å². The lowest BCUT2D eigenvalue weighted by Gasteiger charge is -2.05. The van der Waals surface area contributed by atoms with Gasteiger partial charge in [-0.1, -0.05) is 0 Å². The molecule has 0 radical (unpaired) electrons. The van der Waals surface area contributed by atoms with E-state index < -0.39 is 0 Å². The van der Waals surface area contributed by atoms with Crippen LogP contribution in [-0.2, 0) is 13.0 Å². The molecular formula is C15H16N4S. The van der Waals surface area contributed by atoms with Crippen molar-refractivity contribution in [2.75, 3.05) is 6.54 Å². The molecule has 3 rings (SSSR count). The lowest BCUT2D eigenvalue weighted by molar-refractivity contribution is 0.689. The smallest absolute Gasteiger partial charge is 0.0710 e. The molecule has 0 aliphatic carbocycles. The lowest BCUT2D eigenvalue weighted by Crippen LogP contribution is -2.16. The van der Waals surface area contributed by atoms with E-state index in [0.29, 0.717) is 0 Å². The fraction of sp³-hybridized carbons (Fsp3) is 0.200. The van der Waals surface area contributed by atoms with Crippen LogP contribution >= 0.6 is 11.3 Å². The van der Waals surface area contributed by atoms with E-state index in [4.69, 9.17) is 0 Å². The molecule has 102 valence electrons. The number of hydrogen-bond acceptors (Lipinski definition) is 4. The summed E-state index contributed by atoms with van der Waals surface area (Å²) in [5, 5.41) is 15.0. The summed E-state index contributed by atoms with van der Waals surface area (Å²) in [7, 11) is 0. The number of pyridine rings is 1. The molecule has 20 heavy (non-hydrogen) atoms. The van der Waals surface area contributed by atoms with Crippen molar-refractivity contribution >= 4 is 11.3 Å². The number of aromatic amines is 1. The Morgan fingerprint density at radius 3 is 3.05 bits per heavy atom. The number of nitrogens with zero attached hydrogens (tertiary/aromatic N) is 2. The molecule has 2 N–H and O–H groups in total. The van der Waals surface area contributed by atoms with Crippen molar-refractivity contribution in [1.82, 2.24) is 20.5 Å². The SMILES string of the molecule is c1cncc(-c2[nH]ncc2CNCCc2ccsc2)c1. The zero-order valence-corrected chi connectivity index (χ0v) is 11.9. The van der Waals surface area contributed by atoms with Crippen LogP contribution in [0.5, 0.6) is 0 Å². The van der Waals surface area contributed by atoms with Gasteiger partial charge in [0.15, 0.2) is 0 Å². The van der Waals surface area contributed by atoms with Gasteiger partial charge < -0.3 is 5.32 Å². The maximum Gasteiger partial charge on any atom is 0.0710 e. The normalized spacial score (nSPS) is 10.8. The number of nitrogens with one attached hydrogen (secondary N) is 2. The van der Waals surface area contributed by atoms with E-state index >= 15 is 0 Å². The van der Waals surface area contributed by atoms with E-state index in [-0.39, 0.29) is 0 Å². The van der Waals surface area contributed by atoms with Crippen LogP contribution in [0.25, 0.3) is 11.3 Å². The molecule has 0 atom stereocenters. The minimum absolute atomic E-state index is 0.810. The van der Waals surface area contributed by atoms with Crippen molar-refractivity contribution in [3.8, 4) is 11.3 Å². The summed E-state index contributed by atoms with van der Waals surface area (Å²) in [5.41, 5.74) is 4.67. The highest BCUT2D eigenvalue weighted by atomic mass is 32.1. The summed E-state index contributed by atoms with van der Waals surface area (Å²) in [4.78, 5) is 4.14. The fourth-order valence-corrected chi connectivity index (χ4v) is 2.80. The first-order valence-corrected chi connectivity index (χ1v) is 7.52. The Balaban J connectivity index is 1.57. The first kappa shape index (κ1) is 13.0. The van der Waals surface area contributed by atoms with Gasteiger partial charge in [-0.3, -0.25) is 10.1 Å². The summed E-state index contributed by atoms with van der Waals surface area (Å²) >= 11 is 1.75. The summed E-state index contributed by atoms with van der Waals surface area (Å²) in [6.45, 7) is 1.78. The van der Waals surface area contributed by atoms with E-state index in [1.165, 1.54) is 11.1 Å². The van der Waals surface area contributed by atoms with Gasteiger partial charge in [-0.2, -0.15) is 16.4 Å². The van der Waals surface area contributed by atoms with E-state index in [0.717, 1.165) is 30.8 Å². The highest BCUT2D eigenvalue weighted by molar-refractivity contribution is 7.07. The van der Waals surface area contributed by atoms with Crippen LogP contribution < -0.4 is 5.32 Å². The predicted molar refractivity (Wildman–Crippen MR) is 81.5 cm³/mol. The minimum atomic E-state index is 0.810. The molecule has 0 fully saturated rings. The standard InChI is InChI=1S/C15H16N4S/c1-2-13(8-16-5-1)15-14(10-18-19-15)9-17-6-3-12-4-7-20-11-12/h1-2,4-5,7-8,10-11,17H,3,6,9H2,(H,18,19). The van der Waals surface area contributed by atoms with Crippen molar-refractivity contribution < 1.29 is 0 Å². The summed E-state index contributed by atoms with van der Waals surface area (Å²) in [6.07, 6.45) is 6.56. The number of rotatable bonds is 6. The van der Waals surface area contributed by atoms with Crippen LogP contribution in [0.15, 0.2) is 47.5 Å². The molecule has 0 aliphatic rings. The lowest BCUT2D eigenvalue weighted by atomic mass is 10.1. The van der Waals surface area contributed by atoms with Crippen molar-refractivity contribution in [3.05, 3.63) is 58.7 Å². The molecule has 0 saturated heterocycles. The van der Waals surface area contributed by atoms with Crippen LogP contribution in [0, 0.1) is 0 Å². The van der Waals surface area contributed by atoms with Gasteiger partial charge in [-0.15, -0.1) is 0 Å². The molecule has 3 aromatic rings. The molecule has 3 aromatic heterocycles. The largest absolute Gasteiger partial charge is 0.312 e. The molecule has 0 aliphatic heterocycles. The second-order valence-electron chi connectivity index (χ2n) is 4.57. The Labute approximate surface area is 121 Å². The van der Waals surface area contributed by atoms with Gasteiger partial charge in [-0.05, 0) is 47.5 Å². The van der Waals surface area contributed by atoms with E-state index in [1.807, 2.05) is 24.5 Å². The third kappa shape index (κ3) is 3.12. The van der Waals surface area contributed by atoms with Gasteiger partial charge >= 0.3 is 0 Å². The molecule has 0 unspecified atom stereocenters. The van der Waals surface area contributed by atoms with Crippen molar-refractivity contribution in [3.63, 3.8) is 0 Å². The number of thiophene rings is 1. The predicted octanol–water partition coefficient (Wildman–Crippen LogP) is 2.87. The van der Waals surface area contributed by atoms with Crippen LogP contribution in [0.2, 0.25) is 0 Å². The van der Waals surface area contributed by atoms with Gasteiger partial charge in [0.25, 0.3) is 0 Å². The van der Waals surface area contributed by atoms with Gasteiger partial charge in [-0.25, -0.2) is 0 Å². The number of H-pyrrole nitrogens is 1. The Hall–Kier alpha value is -1.98. The molecule has 5 heteroatoms. The third-order valence-corrected chi connectivity index (χ3v) is 3.89. The van der Waals surface area contributed by atoms with Crippen molar-refractivity contribution in [2.45, 2.75) is 13.0 Å². The van der Waals surface area contributed by atoms with Gasteiger partial charge in [0, 0.05) is 30.1 Å². The highest BCUT2D eigenvalue weighted by Gasteiger charge is 2.07. The molecule has 4 nitrogen and oxygen atoms in total. The highest BCUT2D eigenvalue weighted by Crippen LogP contribution is 2.19. The first-order valence-electron chi connectivity index (χ1n) is 6.58. The molecule has 0 saturated carbocycles. The molecular weight excluding hydrogens is 268 g/mol. The summed E-state index contributed by atoms with van der Waals surface area (Å²) < 4.78 is 0. The van der Waals surface area contributed by atoms with Crippen LogP contribution in [-0.4, -0.2) is 21.7 Å². The minimum Gasteiger partial charge on any atom is -0.312 e. The first-order chi connectivity index (χ1) is 9.93. The van der Waals surface area contributed by atoms with Gasteiger partial charge in [0.2, 0.25) is 0 Å². The Morgan fingerprint density at radius 2 is 2.25 bits per heavy atom. The van der Waals surface area contributed by atoms with Crippen molar-refractivity contribution in [2.24, 2.45) is 0 Å². The van der Waals surface area contributed by atoms with E-state index in [2.05, 4.69) is 37.3 Å². The van der Waals surface area contributed by atoms with Crippen LogP contribution in [0.3, 0.4) is 0 Å². The quantitative estimate of drug-likeness (QED) is 0.684. The topological polar surface area (TPSA) is 53.6 Å². The Bertz CT molecular complexity index is 631. The fourth-order valence-electron chi connectivity index (χ4n) is 2.10. The van der Waals surface area contributed by atoms with Crippen LogP contribution in [0.1, 0.15) is 11.1 Å². The maximum atomic E-state index is 4.14. The monoisotopic (exact) mass is 284 g/mol. The Morgan fingerprint density at radius 1 is 1.25 bits per heavy atom. The average molecular weight is 284 g/mol. The average Bonchev–Trinajstić information content (AvgIpc) is 3.16. The second-order valence-corrected chi connectivity index (χ2v) is 5.35. The molecule has 0 bridgehead atoms. The molecule has 0 spiro atoms. The van der Waals surface area contributed by atoms with Gasteiger partial charge in [0.05, 0.1) is 11.9 Å². The zero-order valence-electron chi connectivity index (χ0n) is 11.0. The second kappa shape index (κ2) is 6.45. The Kier molecular flexibility index (Phi) is 4.20.